The van der Waals surface area contributed by atoms with Crippen LogP contribution in [-0.2, 0) is 0 Å². The molecule has 0 aliphatic heterocycles. The molecule has 0 bridgehead atoms. The fraction of sp³-hybridized carbons (Fsp3) is 0.889. The molecule has 0 saturated carbocycles. The zero-order chi connectivity index (χ0) is 6.95. The molecule has 0 rings (SSSR count). The van der Waals surface area contributed by atoms with E-state index >= 15 is 0 Å². The van der Waals surface area contributed by atoms with Crippen molar-refractivity contribution >= 4 is 23.1 Å². The molecule has 0 aliphatic rings. The van der Waals surface area contributed by atoms with Gasteiger partial charge in [0.05, 0.1) is 0 Å². The first-order valence-electron chi connectivity index (χ1n) is 4.21. The molecule has 0 aromatic heterocycles. The van der Waals surface area contributed by atoms with Gasteiger partial charge in [-0.15, -0.1) is 0 Å². The van der Waals surface area contributed by atoms with Crippen LogP contribution in [0.25, 0.3) is 0 Å². The second kappa shape index (κ2) is 12.4. The molecule has 0 amide bonds. The lowest BCUT2D eigenvalue weighted by Gasteiger charge is -1.95. The van der Waals surface area contributed by atoms with Gasteiger partial charge in [0.25, 0.3) is 0 Å². The highest BCUT2D eigenvalue weighted by Crippen LogP contribution is 2.05. The van der Waals surface area contributed by atoms with Crippen LogP contribution in [0.15, 0.2) is 0 Å². The quantitative estimate of drug-likeness (QED) is 0.407. The first-order chi connectivity index (χ1) is 4.41. The van der Waals surface area contributed by atoms with Crippen LogP contribution < -0.4 is 0 Å². The molecule has 0 spiro atoms. The summed E-state index contributed by atoms with van der Waals surface area (Å²) in [6.45, 7) is 6.05. The van der Waals surface area contributed by atoms with E-state index in [1.165, 1.54) is 38.5 Å². The summed E-state index contributed by atoms with van der Waals surface area (Å²) in [5.74, 6) is 0. The summed E-state index contributed by atoms with van der Waals surface area (Å²) < 4.78 is 0. The standard InChI is InChI=1S/C9H19.Mg.2H/c1-3-5-7-9-8-6-4-2;;;/h1,3-9H2,2H3;;;. The van der Waals surface area contributed by atoms with E-state index in [0.717, 1.165) is 6.42 Å². The maximum Gasteiger partial charge on any atom is 0.316 e. The molecule has 0 aromatic carbocycles. The molecule has 0 heterocycles. The van der Waals surface area contributed by atoms with Crippen LogP contribution >= 0.6 is 0 Å². The summed E-state index contributed by atoms with van der Waals surface area (Å²) in [5.41, 5.74) is 0. The fourth-order valence-electron chi connectivity index (χ4n) is 0.957. The Labute approximate surface area is 81.9 Å². The van der Waals surface area contributed by atoms with E-state index in [1.54, 1.807) is 0 Å². The van der Waals surface area contributed by atoms with Gasteiger partial charge in [0.1, 0.15) is 0 Å². The lowest BCUT2D eigenvalue weighted by atomic mass is 10.1. The van der Waals surface area contributed by atoms with Crippen LogP contribution in [0.1, 0.15) is 51.9 Å². The number of rotatable bonds is 6. The van der Waals surface area contributed by atoms with Crippen molar-refractivity contribution in [2.24, 2.45) is 0 Å². The van der Waals surface area contributed by atoms with Crippen molar-refractivity contribution < 1.29 is 0 Å². The minimum Gasteiger partial charge on any atom is -0.0654 e. The Hall–Kier alpha value is 0.766. The highest BCUT2D eigenvalue weighted by atomic mass is 24.3. The molecular formula is C9H21Mg. The first kappa shape index (κ1) is 13.4. The highest BCUT2D eigenvalue weighted by molar-refractivity contribution is 5.75. The van der Waals surface area contributed by atoms with Gasteiger partial charge in [-0.05, 0) is 0 Å². The van der Waals surface area contributed by atoms with E-state index in [2.05, 4.69) is 13.8 Å². The zero-order valence-electron chi connectivity index (χ0n) is 6.66. The Morgan fingerprint density at radius 1 is 0.900 bits per heavy atom. The van der Waals surface area contributed by atoms with Gasteiger partial charge in [-0.1, -0.05) is 58.8 Å². The largest absolute Gasteiger partial charge is 0.316 e. The number of unbranched alkanes of at least 4 members (excludes halogenated alkanes) is 6. The van der Waals surface area contributed by atoms with Crippen LogP contribution in [0.5, 0.6) is 0 Å². The van der Waals surface area contributed by atoms with Gasteiger partial charge in [-0.25, -0.2) is 0 Å². The van der Waals surface area contributed by atoms with E-state index in [1.807, 2.05) is 0 Å². The lowest BCUT2D eigenvalue weighted by Crippen LogP contribution is -1.76. The maximum absolute atomic E-state index is 3.80. The SMILES string of the molecule is [CH2]CCCCCCCC.[MgH2]. The number of hydrogen-bond donors (Lipinski definition) is 0. The molecule has 0 atom stereocenters. The predicted octanol–water partition coefficient (Wildman–Crippen LogP) is 2.65. The lowest BCUT2D eigenvalue weighted by molar-refractivity contribution is 0.611. The molecule has 0 aromatic rings. The summed E-state index contributed by atoms with van der Waals surface area (Å²) in [5, 5.41) is 0. The third-order valence-electron chi connectivity index (χ3n) is 1.60. The van der Waals surface area contributed by atoms with Gasteiger partial charge in [-0.2, -0.15) is 0 Å². The van der Waals surface area contributed by atoms with Crippen molar-refractivity contribution in [3.05, 3.63) is 6.92 Å². The van der Waals surface area contributed by atoms with E-state index in [0.29, 0.717) is 0 Å². The Kier molecular flexibility index (Phi) is 16.6. The highest BCUT2D eigenvalue weighted by Gasteiger charge is 1.85. The van der Waals surface area contributed by atoms with E-state index in [9.17, 15) is 0 Å². The maximum atomic E-state index is 3.80. The molecule has 0 fully saturated rings. The molecule has 59 valence electrons. The van der Waals surface area contributed by atoms with E-state index in [4.69, 9.17) is 0 Å². The normalized spacial score (nSPS) is 9.00. The average molecular weight is 154 g/mol. The van der Waals surface area contributed by atoms with E-state index in [-0.39, 0.29) is 23.1 Å². The van der Waals surface area contributed by atoms with Gasteiger partial charge in [0, 0.05) is 0 Å². The summed E-state index contributed by atoms with van der Waals surface area (Å²) in [7, 11) is 0. The first-order valence-corrected chi connectivity index (χ1v) is 4.21. The summed E-state index contributed by atoms with van der Waals surface area (Å²) in [6.07, 6.45) is 9.45. The van der Waals surface area contributed by atoms with Gasteiger partial charge >= 0.3 is 23.1 Å². The molecular weight excluding hydrogens is 132 g/mol. The van der Waals surface area contributed by atoms with Crippen molar-refractivity contribution in [2.45, 2.75) is 51.9 Å². The Morgan fingerprint density at radius 2 is 1.40 bits per heavy atom. The van der Waals surface area contributed by atoms with E-state index < -0.39 is 0 Å². The van der Waals surface area contributed by atoms with Gasteiger partial charge < -0.3 is 0 Å². The van der Waals surface area contributed by atoms with Crippen LogP contribution in [0.3, 0.4) is 0 Å². The fourth-order valence-corrected chi connectivity index (χ4v) is 0.957. The molecule has 0 N–H and O–H groups in total. The number of hydrogen-bond acceptors (Lipinski definition) is 0. The molecule has 0 nitrogen and oxygen atoms in total. The summed E-state index contributed by atoms with van der Waals surface area (Å²) in [6, 6.07) is 0. The second-order valence-corrected chi connectivity index (χ2v) is 2.62. The molecule has 10 heavy (non-hydrogen) atoms. The van der Waals surface area contributed by atoms with Gasteiger partial charge in [0.2, 0.25) is 0 Å². The van der Waals surface area contributed by atoms with Gasteiger partial charge in [-0.3, -0.25) is 0 Å². The minimum absolute atomic E-state index is 0. The van der Waals surface area contributed by atoms with Crippen molar-refractivity contribution in [1.82, 2.24) is 0 Å². The summed E-state index contributed by atoms with van der Waals surface area (Å²) in [4.78, 5) is 0. The third-order valence-corrected chi connectivity index (χ3v) is 1.60. The molecule has 0 unspecified atom stereocenters. The molecule has 1 heteroatoms. The van der Waals surface area contributed by atoms with Crippen LogP contribution in [0.2, 0.25) is 0 Å². The second-order valence-electron chi connectivity index (χ2n) is 2.62. The summed E-state index contributed by atoms with van der Waals surface area (Å²) >= 11 is 0. The zero-order valence-corrected chi connectivity index (χ0v) is 6.66. The van der Waals surface area contributed by atoms with Crippen molar-refractivity contribution in [3.63, 3.8) is 0 Å². The monoisotopic (exact) mass is 153 g/mol. The van der Waals surface area contributed by atoms with Crippen LogP contribution in [0.4, 0.5) is 0 Å². The van der Waals surface area contributed by atoms with Crippen LogP contribution in [-0.4, -0.2) is 23.1 Å². The molecule has 0 aliphatic carbocycles. The van der Waals surface area contributed by atoms with Crippen LogP contribution in [0, 0.1) is 6.92 Å². The Morgan fingerprint density at radius 3 is 1.90 bits per heavy atom. The Balaban J connectivity index is 0. The minimum atomic E-state index is 0. The van der Waals surface area contributed by atoms with Crippen molar-refractivity contribution in [1.29, 1.82) is 0 Å². The Bertz CT molecular complexity index is 38.0. The van der Waals surface area contributed by atoms with Crippen molar-refractivity contribution in [2.75, 3.05) is 0 Å². The predicted molar refractivity (Wildman–Crippen MR) is 51.9 cm³/mol. The van der Waals surface area contributed by atoms with Crippen molar-refractivity contribution in [3.8, 4) is 0 Å². The third kappa shape index (κ3) is 11.5. The topological polar surface area (TPSA) is 0 Å². The average Bonchev–Trinajstić information content (AvgIpc) is 1.89. The molecule has 0 saturated heterocycles. The smallest absolute Gasteiger partial charge is 0.0654 e. The van der Waals surface area contributed by atoms with Gasteiger partial charge in [0.15, 0.2) is 0 Å². The molecule has 1 radical (unpaired) electrons.